The molecule has 8 heteroatoms. The topological polar surface area (TPSA) is 92.4 Å². The summed E-state index contributed by atoms with van der Waals surface area (Å²) in [4.78, 5) is 45.7. The van der Waals surface area contributed by atoms with Gasteiger partial charge in [0.25, 0.3) is 5.56 Å². The third-order valence-corrected chi connectivity index (χ3v) is 5.92. The third-order valence-electron chi connectivity index (χ3n) is 4.98. The van der Waals surface area contributed by atoms with Gasteiger partial charge in [0.05, 0.1) is 7.11 Å². The molecule has 30 heavy (non-hydrogen) atoms. The third kappa shape index (κ3) is 6.73. The van der Waals surface area contributed by atoms with Gasteiger partial charge in [-0.2, -0.15) is 0 Å². The van der Waals surface area contributed by atoms with Crippen LogP contribution in [0.3, 0.4) is 0 Å². The van der Waals surface area contributed by atoms with Crippen molar-refractivity contribution in [3.63, 3.8) is 0 Å². The number of nitrogens with zero attached hydrogens (tertiary/aromatic N) is 2. The molecule has 1 amide bonds. The van der Waals surface area contributed by atoms with Crippen molar-refractivity contribution in [2.24, 2.45) is 0 Å². The molecule has 0 radical (unpaired) electrons. The first-order valence-electron chi connectivity index (χ1n) is 9.98. The molecule has 0 saturated carbocycles. The second-order valence-electron chi connectivity index (χ2n) is 7.06. The van der Waals surface area contributed by atoms with Gasteiger partial charge in [0, 0.05) is 29.5 Å². The van der Waals surface area contributed by atoms with Crippen LogP contribution in [0.4, 0.5) is 0 Å². The van der Waals surface area contributed by atoms with Gasteiger partial charge in [-0.15, -0.1) is 0 Å². The van der Waals surface area contributed by atoms with E-state index in [-0.39, 0.29) is 36.9 Å². The maximum Gasteiger partial charge on any atom is 0.325 e. The second kappa shape index (κ2) is 11.5. The van der Waals surface area contributed by atoms with Gasteiger partial charge in [-0.1, -0.05) is 49.0 Å². The minimum absolute atomic E-state index is 0.0903. The summed E-state index contributed by atoms with van der Waals surface area (Å²) in [6, 6.07) is 9.86. The van der Waals surface area contributed by atoms with Crippen LogP contribution in [0.1, 0.15) is 43.5 Å². The maximum atomic E-state index is 12.7. The molecule has 0 unspecified atom stereocenters. The Morgan fingerprint density at radius 3 is 2.57 bits per heavy atom. The molecule has 0 bridgehead atoms. The van der Waals surface area contributed by atoms with Crippen molar-refractivity contribution >= 4 is 23.6 Å². The number of carbonyl (C=O) groups is 2. The second-order valence-corrected chi connectivity index (χ2v) is 8.03. The average molecular weight is 432 g/mol. The van der Waals surface area contributed by atoms with E-state index in [4.69, 9.17) is 4.74 Å². The highest BCUT2D eigenvalue weighted by Crippen LogP contribution is 2.19. The molecule has 7 nitrogen and oxygen atoms in total. The first kappa shape index (κ1) is 23.7. The van der Waals surface area contributed by atoms with Crippen LogP contribution in [0, 0.1) is 6.92 Å². The highest BCUT2D eigenvalue weighted by molar-refractivity contribution is 7.98. The predicted octanol–water partition coefficient (Wildman–Crippen LogP) is 3.10. The fraction of sp³-hybridized carbons (Fsp3) is 0.455. The number of aromatic amines is 1. The minimum atomic E-state index is -0.459. The quantitative estimate of drug-likeness (QED) is 0.353. The largest absolute Gasteiger partial charge is 0.468 e. The van der Waals surface area contributed by atoms with E-state index in [0.717, 1.165) is 12.0 Å². The number of nitrogens with one attached hydrogen (secondary N) is 1. The molecule has 0 aliphatic carbocycles. The van der Waals surface area contributed by atoms with E-state index in [1.54, 1.807) is 6.92 Å². The van der Waals surface area contributed by atoms with Crippen LogP contribution in [0.15, 0.2) is 40.3 Å². The van der Waals surface area contributed by atoms with Gasteiger partial charge in [-0.25, -0.2) is 4.98 Å². The summed E-state index contributed by atoms with van der Waals surface area (Å²) in [5.41, 5.74) is 2.03. The number of H-pyrrole nitrogens is 1. The van der Waals surface area contributed by atoms with Gasteiger partial charge in [0.15, 0.2) is 5.16 Å². The number of rotatable bonds is 10. The number of carbonyl (C=O) groups excluding carboxylic acids is 2. The number of hydrogen-bond acceptors (Lipinski definition) is 6. The van der Waals surface area contributed by atoms with E-state index < -0.39 is 5.97 Å². The van der Waals surface area contributed by atoms with E-state index in [0.29, 0.717) is 22.2 Å². The molecule has 0 aliphatic heterocycles. The molecule has 1 aromatic carbocycles. The first-order valence-corrected chi connectivity index (χ1v) is 11.0. The smallest absolute Gasteiger partial charge is 0.325 e. The Balaban J connectivity index is 2.04. The van der Waals surface area contributed by atoms with Gasteiger partial charge >= 0.3 is 5.97 Å². The van der Waals surface area contributed by atoms with Crippen LogP contribution in [-0.4, -0.2) is 46.4 Å². The predicted molar refractivity (Wildman–Crippen MR) is 117 cm³/mol. The fourth-order valence-corrected chi connectivity index (χ4v) is 3.82. The standard InChI is InChI=1S/C22H29N3O4S/c1-5-15(2)25(13-20(27)29-4)19(26)12-11-18-16(3)23-22(24-21(18)28)30-14-17-9-7-6-8-10-17/h6-10,15H,5,11-14H2,1-4H3,(H,23,24,28)/t15-/m1/s1. The minimum Gasteiger partial charge on any atom is -0.468 e. The number of hydrogen-bond donors (Lipinski definition) is 1. The lowest BCUT2D eigenvalue weighted by atomic mass is 10.1. The van der Waals surface area contributed by atoms with Gasteiger partial charge in [0.2, 0.25) is 5.91 Å². The van der Waals surface area contributed by atoms with Crippen molar-refractivity contribution in [3.05, 3.63) is 57.5 Å². The molecule has 2 rings (SSSR count). The van der Waals surface area contributed by atoms with Crippen molar-refractivity contribution in [2.45, 2.75) is 57.0 Å². The molecule has 1 N–H and O–H groups in total. The average Bonchev–Trinajstić information content (AvgIpc) is 2.75. The summed E-state index contributed by atoms with van der Waals surface area (Å²) in [7, 11) is 1.30. The Kier molecular flexibility index (Phi) is 9.11. The van der Waals surface area contributed by atoms with Gasteiger partial charge in [0.1, 0.15) is 6.54 Å². The van der Waals surface area contributed by atoms with E-state index in [1.165, 1.54) is 23.8 Å². The SMILES string of the molecule is CC[C@@H](C)N(CC(=O)OC)C(=O)CCc1c(C)nc(SCc2ccccc2)[nH]c1=O. The van der Waals surface area contributed by atoms with Crippen LogP contribution in [0.25, 0.3) is 0 Å². The van der Waals surface area contributed by atoms with E-state index in [9.17, 15) is 14.4 Å². The highest BCUT2D eigenvalue weighted by atomic mass is 32.2. The van der Waals surface area contributed by atoms with Crippen molar-refractivity contribution in [1.29, 1.82) is 0 Å². The van der Waals surface area contributed by atoms with Crippen molar-refractivity contribution in [3.8, 4) is 0 Å². The molecule has 0 aliphatic rings. The summed E-state index contributed by atoms with van der Waals surface area (Å²) in [5.74, 6) is 0.0635. The summed E-state index contributed by atoms with van der Waals surface area (Å²) >= 11 is 1.46. The zero-order valence-electron chi connectivity index (χ0n) is 17.9. The van der Waals surface area contributed by atoms with Crippen LogP contribution >= 0.6 is 11.8 Å². The van der Waals surface area contributed by atoms with E-state index in [1.807, 2.05) is 44.2 Å². The Labute approximate surface area is 181 Å². The Hall–Kier alpha value is -2.61. The lowest BCUT2D eigenvalue weighted by Gasteiger charge is -2.27. The molecule has 0 spiro atoms. The fourth-order valence-electron chi connectivity index (χ4n) is 2.96. The number of benzene rings is 1. The highest BCUT2D eigenvalue weighted by Gasteiger charge is 2.22. The van der Waals surface area contributed by atoms with Crippen LogP contribution in [0.5, 0.6) is 0 Å². The summed E-state index contributed by atoms with van der Waals surface area (Å²) in [6.07, 6.45) is 1.12. The maximum absolute atomic E-state index is 12.7. The van der Waals surface area contributed by atoms with Gasteiger partial charge < -0.3 is 14.6 Å². The Morgan fingerprint density at radius 1 is 1.27 bits per heavy atom. The molecule has 2 aromatic rings. The van der Waals surface area contributed by atoms with E-state index in [2.05, 4.69) is 9.97 Å². The van der Waals surface area contributed by atoms with Crippen molar-refractivity contribution < 1.29 is 14.3 Å². The zero-order chi connectivity index (χ0) is 22.1. The van der Waals surface area contributed by atoms with E-state index >= 15 is 0 Å². The summed E-state index contributed by atoms with van der Waals surface area (Å²) in [5, 5.41) is 0.559. The number of aromatic nitrogens is 2. The molecule has 1 heterocycles. The number of aryl methyl sites for hydroxylation is 1. The van der Waals surface area contributed by atoms with Crippen LogP contribution in [0.2, 0.25) is 0 Å². The lowest BCUT2D eigenvalue weighted by Crippen LogP contribution is -2.42. The Bertz CT molecular complexity index is 914. The molecule has 0 saturated heterocycles. The van der Waals surface area contributed by atoms with Gasteiger partial charge in [-0.3, -0.25) is 14.4 Å². The monoisotopic (exact) mass is 431 g/mol. The number of amides is 1. The lowest BCUT2D eigenvalue weighted by molar-refractivity contribution is -0.148. The number of ether oxygens (including phenoxy) is 1. The van der Waals surface area contributed by atoms with Crippen LogP contribution < -0.4 is 5.56 Å². The molecular formula is C22H29N3O4S. The summed E-state index contributed by atoms with van der Waals surface area (Å²) in [6.45, 7) is 5.53. The van der Waals surface area contributed by atoms with Gasteiger partial charge in [-0.05, 0) is 32.3 Å². The normalized spacial score (nSPS) is 11.7. The Morgan fingerprint density at radius 2 is 1.97 bits per heavy atom. The van der Waals surface area contributed by atoms with Crippen molar-refractivity contribution in [2.75, 3.05) is 13.7 Å². The molecule has 1 atom stereocenters. The molecule has 0 fully saturated rings. The van der Waals surface area contributed by atoms with Crippen LogP contribution in [-0.2, 0) is 26.5 Å². The number of esters is 1. The number of methoxy groups -OCH3 is 1. The zero-order valence-corrected chi connectivity index (χ0v) is 18.8. The summed E-state index contributed by atoms with van der Waals surface area (Å²) < 4.78 is 4.69. The first-order chi connectivity index (χ1) is 14.3. The molecule has 162 valence electrons. The van der Waals surface area contributed by atoms with Crippen molar-refractivity contribution in [1.82, 2.24) is 14.9 Å². The number of thioether (sulfide) groups is 1. The molecular weight excluding hydrogens is 402 g/mol. The molecule has 1 aromatic heterocycles.